The predicted molar refractivity (Wildman–Crippen MR) is 83.9 cm³/mol. The number of hydrogen-bond donors (Lipinski definition) is 1. The topological polar surface area (TPSA) is 55.6 Å². The zero-order valence-electron chi connectivity index (χ0n) is 13.0. The number of ether oxygens (including phenoxy) is 1. The molecule has 1 aromatic rings. The monoisotopic (exact) mass is 308 g/mol. The quantitative estimate of drug-likeness (QED) is 0.785. The zero-order valence-corrected chi connectivity index (χ0v) is 13.0. The normalized spacial score (nSPS) is 16.0. The van der Waals surface area contributed by atoms with E-state index < -0.39 is 0 Å². The molecule has 0 atom stereocenters. The summed E-state index contributed by atoms with van der Waals surface area (Å²) in [5.74, 6) is -0.0727. The van der Waals surface area contributed by atoms with Crippen molar-refractivity contribution in [1.29, 1.82) is 0 Å². The molecule has 22 heavy (non-hydrogen) atoms. The van der Waals surface area contributed by atoms with Gasteiger partial charge in [0.2, 0.25) is 5.91 Å². The Kier molecular flexibility index (Phi) is 6.80. The molecule has 5 heteroatoms. The molecule has 0 saturated carbocycles. The minimum atomic E-state index is -0.244. The van der Waals surface area contributed by atoms with Gasteiger partial charge in [-0.1, -0.05) is 12.1 Å². The van der Waals surface area contributed by atoms with E-state index in [1.54, 1.807) is 12.1 Å². The number of carbonyl (C=O) groups is 1. The van der Waals surface area contributed by atoms with Crippen LogP contribution < -0.4 is 5.73 Å². The van der Waals surface area contributed by atoms with Gasteiger partial charge in [0.15, 0.2) is 0 Å². The number of halogens is 1. The van der Waals surface area contributed by atoms with Crippen LogP contribution in [0.5, 0.6) is 0 Å². The summed E-state index contributed by atoms with van der Waals surface area (Å²) >= 11 is 0. The molecule has 0 bridgehead atoms. The summed E-state index contributed by atoms with van der Waals surface area (Å²) < 4.78 is 18.6. The van der Waals surface area contributed by atoms with Crippen LogP contribution >= 0.6 is 0 Å². The lowest BCUT2D eigenvalue weighted by molar-refractivity contribution is -0.133. The first-order valence-corrected chi connectivity index (χ1v) is 8.03. The molecule has 2 N–H and O–H groups in total. The van der Waals surface area contributed by atoms with Gasteiger partial charge < -0.3 is 15.4 Å². The molecule has 1 heterocycles. The first kappa shape index (κ1) is 16.9. The van der Waals surface area contributed by atoms with Crippen molar-refractivity contribution in [2.24, 2.45) is 5.73 Å². The molecular weight excluding hydrogens is 283 g/mol. The standard InChI is InChI=1S/C17H25FN2O2/c18-15-5-2-14(3-6-15)4-7-17(21)20-11-8-16(9-12-20)22-13-1-10-19/h2-3,5-6,16H,1,4,7-13,19H2. The summed E-state index contributed by atoms with van der Waals surface area (Å²) in [6.45, 7) is 2.88. The van der Waals surface area contributed by atoms with Crippen molar-refractivity contribution >= 4 is 5.91 Å². The second kappa shape index (κ2) is 8.86. The number of hydrogen-bond acceptors (Lipinski definition) is 3. The molecule has 1 fully saturated rings. The van der Waals surface area contributed by atoms with Gasteiger partial charge in [-0.2, -0.15) is 0 Å². The van der Waals surface area contributed by atoms with Crippen molar-refractivity contribution in [2.45, 2.75) is 38.2 Å². The summed E-state index contributed by atoms with van der Waals surface area (Å²) in [6, 6.07) is 6.34. The summed E-state index contributed by atoms with van der Waals surface area (Å²) in [4.78, 5) is 14.1. The van der Waals surface area contributed by atoms with E-state index in [0.29, 0.717) is 26.0 Å². The number of amides is 1. The second-order valence-corrected chi connectivity index (χ2v) is 5.72. The Morgan fingerprint density at radius 1 is 1.27 bits per heavy atom. The predicted octanol–water partition coefficient (Wildman–Crippen LogP) is 2.11. The number of likely N-dealkylation sites (tertiary alicyclic amines) is 1. The SMILES string of the molecule is NCCCOC1CCN(C(=O)CCc2ccc(F)cc2)CC1. The molecular formula is C17H25FN2O2. The number of carbonyl (C=O) groups excluding carboxylic acids is 1. The summed E-state index contributed by atoms with van der Waals surface area (Å²) in [7, 11) is 0. The van der Waals surface area contributed by atoms with Crippen molar-refractivity contribution < 1.29 is 13.9 Å². The largest absolute Gasteiger partial charge is 0.378 e. The fraction of sp³-hybridized carbons (Fsp3) is 0.588. The van der Waals surface area contributed by atoms with Crippen LogP contribution in [0.3, 0.4) is 0 Å². The first-order chi connectivity index (χ1) is 10.7. The van der Waals surface area contributed by atoms with E-state index in [4.69, 9.17) is 10.5 Å². The van der Waals surface area contributed by atoms with Gasteiger partial charge >= 0.3 is 0 Å². The fourth-order valence-corrected chi connectivity index (χ4v) is 2.67. The summed E-state index contributed by atoms with van der Waals surface area (Å²) in [6.07, 6.45) is 4.07. The van der Waals surface area contributed by atoms with Crippen molar-refractivity contribution in [3.05, 3.63) is 35.6 Å². The molecule has 4 nitrogen and oxygen atoms in total. The Hall–Kier alpha value is -1.46. The highest BCUT2D eigenvalue weighted by molar-refractivity contribution is 5.76. The number of piperidine rings is 1. The van der Waals surface area contributed by atoms with E-state index >= 15 is 0 Å². The number of benzene rings is 1. The average Bonchev–Trinajstić information content (AvgIpc) is 2.55. The molecule has 1 saturated heterocycles. The van der Waals surface area contributed by atoms with Gasteiger partial charge in [-0.25, -0.2) is 4.39 Å². The summed E-state index contributed by atoms with van der Waals surface area (Å²) in [5, 5.41) is 0. The van der Waals surface area contributed by atoms with Crippen molar-refractivity contribution in [1.82, 2.24) is 4.90 Å². The van der Waals surface area contributed by atoms with Gasteiger partial charge in [0.05, 0.1) is 6.10 Å². The van der Waals surface area contributed by atoms with Crippen molar-refractivity contribution in [3.63, 3.8) is 0 Å². The van der Waals surface area contributed by atoms with Gasteiger partial charge in [-0.3, -0.25) is 4.79 Å². The number of aryl methyl sites for hydroxylation is 1. The highest BCUT2D eigenvalue weighted by Crippen LogP contribution is 2.15. The Morgan fingerprint density at radius 2 is 1.95 bits per heavy atom. The molecule has 0 spiro atoms. The lowest BCUT2D eigenvalue weighted by Gasteiger charge is -2.32. The zero-order chi connectivity index (χ0) is 15.8. The van der Waals surface area contributed by atoms with Crippen LogP contribution in [-0.2, 0) is 16.0 Å². The van der Waals surface area contributed by atoms with Crippen LogP contribution in [-0.4, -0.2) is 43.2 Å². The van der Waals surface area contributed by atoms with E-state index in [2.05, 4.69) is 0 Å². The Balaban J connectivity index is 1.67. The minimum absolute atomic E-state index is 0.171. The minimum Gasteiger partial charge on any atom is -0.378 e. The number of nitrogens with two attached hydrogens (primary N) is 1. The Labute approximate surface area is 131 Å². The average molecular weight is 308 g/mol. The molecule has 0 unspecified atom stereocenters. The molecule has 0 aliphatic carbocycles. The fourth-order valence-electron chi connectivity index (χ4n) is 2.67. The van der Waals surface area contributed by atoms with E-state index in [1.807, 2.05) is 4.90 Å². The van der Waals surface area contributed by atoms with Gasteiger partial charge in [-0.05, 0) is 49.9 Å². The van der Waals surface area contributed by atoms with Crippen LogP contribution in [0.25, 0.3) is 0 Å². The maximum atomic E-state index is 12.8. The number of rotatable bonds is 7. The molecule has 1 aliphatic rings. The molecule has 122 valence electrons. The van der Waals surface area contributed by atoms with Gasteiger partial charge in [-0.15, -0.1) is 0 Å². The van der Waals surface area contributed by atoms with Gasteiger partial charge in [0.1, 0.15) is 5.82 Å². The lowest BCUT2D eigenvalue weighted by Crippen LogP contribution is -2.41. The Morgan fingerprint density at radius 3 is 2.59 bits per heavy atom. The molecule has 2 rings (SSSR count). The first-order valence-electron chi connectivity index (χ1n) is 8.03. The molecule has 1 aliphatic heterocycles. The highest BCUT2D eigenvalue weighted by atomic mass is 19.1. The molecule has 1 aromatic carbocycles. The van der Waals surface area contributed by atoms with Crippen LogP contribution in [0.4, 0.5) is 4.39 Å². The van der Waals surface area contributed by atoms with E-state index in [9.17, 15) is 9.18 Å². The van der Waals surface area contributed by atoms with Crippen LogP contribution in [0.1, 0.15) is 31.2 Å². The molecule has 1 amide bonds. The lowest BCUT2D eigenvalue weighted by atomic mass is 10.1. The third-order valence-electron chi connectivity index (χ3n) is 4.04. The van der Waals surface area contributed by atoms with Gasteiger partial charge in [0.25, 0.3) is 0 Å². The van der Waals surface area contributed by atoms with Crippen LogP contribution in [0.2, 0.25) is 0 Å². The van der Waals surface area contributed by atoms with E-state index in [0.717, 1.165) is 37.9 Å². The van der Waals surface area contributed by atoms with Crippen LogP contribution in [0, 0.1) is 5.82 Å². The van der Waals surface area contributed by atoms with Crippen molar-refractivity contribution in [2.75, 3.05) is 26.2 Å². The third-order valence-corrected chi connectivity index (χ3v) is 4.04. The number of nitrogens with zero attached hydrogens (tertiary/aromatic N) is 1. The van der Waals surface area contributed by atoms with E-state index in [1.165, 1.54) is 12.1 Å². The van der Waals surface area contributed by atoms with Crippen LogP contribution in [0.15, 0.2) is 24.3 Å². The highest BCUT2D eigenvalue weighted by Gasteiger charge is 2.22. The van der Waals surface area contributed by atoms with Crippen molar-refractivity contribution in [3.8, 4) is 0 Å². The molecule has 0 radical (unpaired) electrons. The molecule has 0 aromatic heterocycles. The second-order valence-electron chi connectivity index (χ2n) is 5.72. The third kappa shape index (κ3) is 5.39. The Bertz CT molecular complexity index is 456. The smallest absolute Gasteiger partial charge is 0.222 e. The maximum absolute atomic E-state index is 12.8. The van der Waals surface area contributed by atoms with Gasteiger partial charge in [0, 0.05) is 26.1 Å². The maximum Gasteiger partial charge on any atom is 0.222 e. The van der Waals surface area contributed by atoms with E-state index in [-0.39, 0.29) is 17.8 Å². The summed E-state index contributed by atoms with van der Waals surface area (Å²) in [5.41, 5.74) is 6.44.